The lowest BCUT2D eigenvalue weighted by Crippen LogP contribution is -2.52. The van der Waals surface area contributed by atoms with Crippen molar-refractivity contribution >= 4 is 23.1 Å². The molecule has 0 aliphatic carbocycles. The van der Waals surface area contributed by atoms with E-state index in [9.17, 15) is 24.4 Å². The molecule has 1 aliphatic heterocycles. The highest BCUT2D eigenvalue weighted by atomic mass is 35.5. The van der Waals surface area contributed by atoms with Gasteiger partial charge in [0.1, 0.15) is 17.1 Å². The normalized spacial score (nSPS) is 17.0. The molecule has 1 fully saturated rings. The first kappa shape index (κ1) is 23.6. The lowest BCUT2D eigenvalue weighted by atomic mass is 10.1. The van der Waals surface area contributed by atoms with E-state index in [1.807, 2.05) is 4.90 Å². The smallest absolute Gasteiger partial charge is 0.282 e. The van der Waals surface area contributed by atoms with Gasteiger partial charge in [-0.1, -0.05) is 23.7 Å². The molecule has 10 heteroatoms. The maximum Gasteiger partial charge on any atom is 0.282 e. The summed E-state index contributed by atoms with van der Waals surface area (Å²) in [6.45, 7) is 2.24. The van der Waals surface area contributed by atoms with Crippen LogP contribution in [-0.2, 0) is 6.54 Å². The van der Waals surface area contributed by atoms with Crippen molar-refractivity contribution < 1.29 is 24.0 Å². The molecule has 1 saturated heterocycles. The number of aliphatic hydroxyl groups excluding tert-OH is 1. The van der Waals surface area contributed by atoms with Gasteiger partial charge in [-0.25, -0.2) is 4.39 Å². The second-order valence-corrected chi connectivity index (χ2v) is 7.78. The molecule has 0 radical (unpaired) electrons. The van der Waals surface area contributed by atoms with Gasteiger partial charge in [0.05, 0.1) is 29.7 Å². The van der Waals surface area contributed by atoms with Crippen molar-refractivity contribution in [1.29, 1.82) is 0 Å². The zero-order chi connectivity index (χ0) is 23.3. The molecule has 170 valence electrons. The number of carbonyl (C=O) groups excluding carboxylic acids is 1. The molecular weight excluding hydrogens is 441 g/mol. The van der Waals surface area contributed by atoms with Crippen LogP contribution in [0.3, 0.4) is 0 Å². The number of aliphatic hydroxyl groups is 1. The summed E-state index contributed by atoms with van der Waals surface area (Å²) in [6, 6.07) is 8.35. The summed E-state index contributed by atoms with van der Waals surface area (Å²) >= 11 is 5.95. The summed E-state index contributed by atoms with van der Waals surface area (Å²) in [5.41, 5.74) is 0.419. The van der Waals surface area contributed by atoms with Crippen LogP contribution in [0.2, 0.25) is 5.02 Å². The Morgan fingerprint density at radius 1 is 1.34 bits per heavy atom. The average Bonchev–Trinajstić information content (AvgIpc) is 2.79. The molecule has 1 N–H and O–H groups in total. The fourth-order valence-corrected chi connectivity index (χ4v) is 3.82. The average molecular weight is 464 g/mol. The molecule has 0 unspecified atom stereocenters. The van der Waals surface area contributed by atoms with E-state index in [2.05, 4.69) is 4.90 Å². The van der Waals surface area contributed by atoms with E-state index >= 15 is 0 Å². The molecule has 1 atom stereocenters. The highest BCUT2D eigenvalue weighted by Gasteiger charge is 2.26. The maximum absolute atomic E-state index is 13.1. The number of methoxy groups -OCH3 is 1. The number of halogens is 2. The molecule has 8 nitrogen and oxygen atoms in total. The molecule has 0 aromatic heterocycles. The number of carbonyl (C=O) groups is 1. The SMILES string of the molecule is COc1cc(C(=O)C=CN2CCN(Cc3ccc(F)cc3)C[C@H]2CO)c([N+](=O)[O-])cc1Cl. The third-order valence-electron chi connectivity index (χ3n) is 5.29. The number of benzene rings is 2. The summed E-state index contributed by atoms with van der Waals surface area (Å²) in [5, 5.41) is 21.2. The van der Waals surface area contributed by atoms with Crippen molar-refractivity contribution in [3.63, 3.8) is 0 Å². The molecule has 0 spiro atoms. The summed E-state index contributed by atoms with van der Waals surface area (Å²) < 4.78 is 18.2. The fourth-order valence-electron chi connectivity index (χ4n) is 3.59. The first-order chi connectivity index (χ1) is 15.3. The maximum atomic E-state index is 13.1. The van der Waals surface area contributed by atoms with E-state index < -0.39 is 16.4 Å². The molecule has 1 heterocycles. The van der Waals surface area contributed by atoms with E-state index in [4.69, 9.17) is 16.3 Å². The Morgan fingerprint density at radius 2 is 2.06 bits per heavy atom. The number of rotatable bonds is 8. The third kappa shape index (κ3) is 5.61. The van der Waals surface area contributed by atoms with Crippen molar-refractivity contribution in [3.05, 3.63) is 80.8 Å². The predicted molar refractivity (Wildman–Crippen MR) is 117 cm³/mol. The number of ether oxygens (including phenoxy) is 1. The monoisotopic (exact) mass is 463 g/mol. The number of allylic oxidation sites excluding steroid dienone is 1. The van der Waals surface area contributed by atoms with E-state index in [1.165, 1.54) is 31.4 Å². The number of nitro groups is 1. The van der Waals surface area contributed by atoms with Crippen molar-refractivity contribution in [2.24, 2.45) is 0 Å². The second kappa shape index (κ2) is 10.5. The summed E-state index contributed by atoms with van der Waals surface area (Å²) in [7, 11) is 1.36. The topological polar surface area (TPSA) is 96.2 Å². The fraction of sp³-hybridized carbons (Fsp3) is 0.318. The van der Waals surface area contributed by atoms with Gasteiger partial charge in [-0.2, -0.15) is 0 Å². The van der Waals surface area contributed by atoms with Gasteiger partial charge in [0.25, 0.3) is 5.69 Å². The van der Waals surface area contributed by atoms with Crippen LogP contribution in [0.1, 0.15) is 15.9 Å². The van der Waals surface area contributed by atoms with Crippen LogP contribution in [-0.4, -0.2) is 65.0 Å². The van der Waals surface area contributed by atoms with Crippen LogP contribution < -0.4 is 4.74 Å². The lowest BCUT2D eigenvalue weighted by Gasteiger charge is -2.40. The Morgan fingerprint density at radius 3 is 2.69 bits per heavy atom. The number of hydrogen-bond donors (Lipinski definition) is 1. The largest absolute Gasteiger partial charge is 0.495 e. The standard InChI is InChI=1S/C22H23ClFN3O5/c1-32-22-10-18(20(27(30)31)11-19(22)23)21(29)6-7-26-9-8-25(13-17(26)14-28)12-15-2-4-16(24)5-3-15/h2-7,10-11,17,28H,8-9,12-14H2,1H3/t17-/m0/s1. The Balaban J connectivity index is 1.70. The van der Waals surface area contributed by atoms with Crippen LogP contribution in [0, 0.1) is 15.9 Å². The predicted octanol–water partition coefficient (Wildman–Crippen LogP) is 3.27. The van der Waals surface area contributed by atoms with Gasteiger partial charge < -0.3 is 14.7 Å². The van der Waals surface area contributed by atoms with Gasteiger partial charge in [-0.05, 0) is 23.8 Å². The number of piperazine rings is 1. The molecule has 1 aliphatic rings. The molecule has 0 bridgehead atoms. The van der Waals surface area contributed by atoms with E-state index in [1.54, 1.807) is 18.3 Å². The molecule has 3 rings (SSSR count). The van der Waals surface area contributed by atoms with Gasteiger partial charge in [-0.3, -0.25) is 19.8 Å². The van der Waals surface area contributed by atoms with Crippen LogP contribution in [0.5, 0.6) is 5.75 Å². The number of hydrogen-bond acceptors (Lipinski definition) is 7. The molecule has 0 amide bonds. The van der Waals surface area contributed by atoms with Gasteiger partial charge >= 0.3 is 0 Å². The van der Waals surface area contributed by atoms with E-state index in [0.717, 1.165) is 11.6 Å². The van der Waals surface area contributed by atoms with Crippen molar-refractivity contribution in [3.8, 4) is 5.75 Å². The minimum atomic E-state index is -0.670. The second-order valence-electron chi connectivity index (χ2n) is 7.38. The quantitative estimate of drug-likeness (QED) is 0.278. The van der Waals surface area contributed by atoms with Crippen LogP contribution >= 0.6 is 11.6 Å². The Labute approximate surface area is 189 Å². The van der Waals surface area contributed by atoms with Crippen molar-refractivity contribution in [2.75, 3.05) is 33.4 Å². The number of nitrogens with zero attached hydrogens (tertiary/aromatic N) is 3. The molecular formula is C22H23ClFN3O5. The first-order valence-electron chi connectivity index (χ1n) is 9.90. The zero-order valence-electron chi connectivity index (χ0n) is 17.4. The molecule has 0 saturated carbocycles. The van der Waals surface area contributed by atoms with E-state index in [-0.39, 0.29) is 34.8 Å². The molecule has 2 aromatic carbocycles. The Hall–Kier alpha value is -3.01. The minimum Gasteiger partial charge on any atom is -0.495 e. The third-order valence-corrected chi connectivity index (χ3v) is 5.59. The highest BCUT2D eigenvalue weighted by Crippen LogP contribution is 2.32. The van der Waals surface area contributed by atoms with Gasteiger partial charge in [0, 0.05) is 44.5 Å². The summed E-state index contributed by atoms with van der Waals surface area (Å²) in [5.74, 6) is -0.700. The Kier molecular flexibility index (Phi) is 7.79. The Bertz CT molecular complexity index is 1020. The molecule has 32 heavy (non-hydrogen) atoms. The highest BCUT2D eigenvalue weighted by molar-refractivity contribution is 6.32. The molecule has 2 aromatic rings. The number of ketones is 1. The lowest BCUT2D eigenvalue weighted by molar-refractivity contribution is -0.385. The van der Waals surface area contributed by atoms with Gasteiger partial charge in [0.2, 0.25) is 0 Å². The van der Waals surface area contributed by atoms with Crippen LogP contribution in [0.25, 0.3) is 0 Å². The zero-order valence-corrected chi connectivity index (χ0v) is 18.2. The van der Waals surface area contributed by atoms with Crippen molar-refractivity contribution in [1.82, 2.24) is 9.80 Å². The van der Waals surface area contributed by atoms with Crippen molar-refractivity contribution in [2.45, 2.75) is 12.6 Å². The summed E-state index contributed by atoms with van der Waals surface area (Å²) in [6.07, 6.45) is 2.79. The van der Waals surface area contributed by atoms with E-state index in [0.29, 0.717) is 26.2 Å². The van der Waals surface area contributed by atoms with Gasteiger partial charge in [-0.15, -0.1) is 0 Å². The summed E-state index contributed by atoms with van der Waals surface area (Å²) in [4.78, 5) is 27.3. The van der Waals surface area contributed by atoms with Crippen LogP contribution in [0.15, 0.2) is 48.7 Å². The minimum absolute atomic E-state index is 0.0392. The van der Waals surface area contributed by atoms with Crippen LogP contribution in [0.4, 0.5) is 10.1 Å². The first-order valence-corrected chi connectivity index (χ1v) is 10.3. The number of nitro benzene ring substituents is 1. The van der Waals surface area contributed by atoms with Gasteiger partial charge in [0.15, 0.2) is 5.78 Å².